The Morgan fingerprint density at radius 1 is 1.10 bits per heavy atom. The summed E-state index contributed by atoms with van der Waals surface area (Å²) in [5, 5.41) is 0. The van der Waals surface area contributed by atoms with Crippen LogP contribution in [0.4, 0.5) is 0 Å². The quantitative estimate of drug-likeness (QED) is 0.758. The second kappa shape index (κ2) is 6.99. The number of carbonyl (C=O) groups is 1. The predicted octanol–water partition coefficient (Wildman–Crippen LogP) is 4.71. The van der Waals surface area contributed by atoms with Gasteiger partial charge in [-0.15, -0.1) is 0 Å². The Morgan fingerprint density at radius 3 is 2.29 bits per heavy atom. The number of Topliss-reactive ketones (excluding diaryl/α,β-unsaturated/α-hetero) is 1. The van der Waals surface area contributed by atoms with Gasteiger partial charge in [0.05, 0.1) is 5.41 Å². The fourth-order valence-electron chi connectivity index (χ4n) is 2.82. The molecule has 2 aromatic rings. The monoisotopic (exact) mass is 345 g/mol. The van der Waals surface area contributed by atoms with Crippen molar-refractivity contribution in [3.8, 4) is 0 Å². The van der Waals surface area contributed by atoms with E-state index in [9.17, 15) is 4.79 Å². The summed E-state index contributed by atoms with van der Waals surface area (Å²) < 4.78 is 0.930. The van der Waals surface area contributed by atoms with Crippen LogP contribution in [0.15, 0.2) is 53.1 Å². The van der Waals surface area contributed by atoms with Gasteiger partial charge < -0.3 is 0 Å². The highest BCUT2D eigenvalue weighted by Gasteiger charge is 2.36. The molecule has 0 aliphatic heterocycles. The molecule has 21 heavy (non-hydrogen) atoms. The zero-order chi connectivity index (χ0) is 15.3. The van der Waals surface area contributed by atoms with Gasteiger partial charge in [-0.25, -0.2) is 0 Å². The minimum Gasteiger partial charge on any atom is -0.298 e. The lowest BCUT2D eigenvalue weighted by Gasteiger charge is -2.30. The first-order valence-electron chi connectivity index (χ1n) is 7.31. The maximum Gasteiger partial charge on any atom is 0.149 e. The van der Waals surface area contributed by atoms with Crippen LogP contribution in [-0.4, -0.2) is 10.8 Å². The molecule has 2 nitrogen and oxygen atoms in total. The molecule has 0 bridgehead atoms. The van der Waals surface area contributed by atoms with Gasteiger partial charge in [0.1, 0.15) is 5.78 Å². The Balaban J connectivity index is 2.30. The molecule has 0 fully saturated rings. The van der Waals surface area contributed by atoms with Gasteiger partial charge in [-0.1, -0.05) is 44.2 Å². The van der Waals surface area contributed by atoms with E-state index in [-0.39, 0.29) is 5.78 Å². The van der Waals surface area contributed by atoms with Crippen LogP contribution >= 0.6 is 15.9 Å². The highest BCUT2D eigenvalue weighted by Crippen LogP contribution is 2.33. The zero-order valence-corrected chi connectivity index (χ0v) is 14.1. The molecule has 0 N–H and O–H groups in total. The van der Waals surface area contributed by atoms with Crippen molar-refractivity contribution in [2.45, 2.75) is 38.5 Å². The number of carbonyl (C=O) groups excluding carboxylic acids is 1. The molecule has 1 aromatic heterocycles. The number of pyridine rings is 1. The van der Waals surface area contributed by atoms with Crippen molar-refractivity contribution in [1.82, 2.24) is 4.98 Å². The molecule has 0 radical (unpaired) electrons. The summed E-state index contributed by atoms with van der Waals surface area (Å²) in [6.07, 6.45) is 3.74. The van der Waals surface area contributed by atoms with Crippen LogP contribution in [-0.2, 0) is 16.6 Å². The first kappa shape index (κ1) is 15.9. The predicted molar refractivity (Wildman–Crippen MR) is 89.4 cm³/mol. The summed E-state index contributed by atoms with van der Waals surface area (Å²) in [4.78, 5) is 17.3. The Bertz CT molecular complexity index is 588. The molecule has 3 heteroatoms. The van der Waals surface area contributed by atoms with Gasteiger partial charge in [0.25, 0.3) is 0 Å². The molecule has 0 aliphatic rings. The fraction of sp³-hybridized carbons (Fsp3) is 0.333. The van der Waals surface area contributed by atoms with Crippen molar-refractivity contribution in [3.05, 3.63) is 64.4 Å². The molecule has 1 heterocycles. The van der Waals surface area contributed by atoms with Gasteiger partial charge in [0.2, 0.25) is 0 Å². The largest absolute Gasteiger partial charge is 0.298 e. The van der Waals surface area contributed by atoms with E-state index in [0.717, 1.165) is 28.6 Å². The Hall–Kier alpha value is -1.48. The van der Waals surface area contributed by atoms with Crippen molar-refractivity contribution in [2.24, 2.45) is 0 Å². The third-order valence-corrected chi connectivity index (χ3v) is 4.67. The van der Waals surface area contributed by atoms with E-state index in [2.05, 4.69) is 46.9 Å². The van der Waals surface area contributed by atoms with Gasteiger partial charge in [-0.05, 0) is 46.5 Å². The van der Waals surface area contributed by atoms with Crippen molar-refractivity contribution in [2.75, 3.05) is 0 Å². The number of hydrogen-bond acceptors (Lipinski definition) is 2. The first-order chi connectivity index (χ1) is 10.1. The van der Waals surface area contributed by atoms with Gasteiger partial charge in [0.15, 0.2) is 0 Å². The molecule has 1 aromatic carbocycles. The van der Waals surface area contributed by atoms with Crippen LogP contribution in [0.3, 0.4) is 0 Å². The van der Waals surface area contributed by atoms with Crippen molar-refractivity contribution >= 4 is 21.7 Å². The van der Waals surface area contributed by atoms with Gasteiger partial charge >= 0.3 is 0 Å². The van der Waals surface area contributed by atoms with E-state index in [1.54, 1.807) is 6.20 Å². The van der Waals surface area contributed by atoms with E-state index < -0.39 is 5.41 Å². The van der Waals surface area contributed by atoms with E-state index in [0.29, 0.717) is 6.42 Å². The van der Waals surface area contributed by atoms with Crippen LogP contribution in [0.2, 0.25) is 0 Å². The molecular weight excluding hydrogens is 326 g/mol. The topological polar surface area (TPSA) is 30.0 Å². The third-order valence-electron chi connectivity index (χ3n) is 4.20. The SMILES string of the molecule is CCC(CC)(C(=O)Cc1ccc(Br)cn1)c1ccccc1. The minimum absolute atomic E-state index is 0.244. The molecule has 2 rings (SSSR count). The van der Waals surface area contributed by atoms with Crippen molar-refractivity contribution in [1.29, 1.82) is 0 Å². The summed E-state index contributed by atoms with van der Waals surface area (Å²) in [6, 6.07) is 13.9. The summed E-state index contributed by atoms with van der Waals surface area (Å²) in [6.45, 7) is 4.17. The van der Waals surface area contributed by atoms with Gasteiger partial charge in [0, 0.05) is 22.8 Å². The summed E-state index contributed by atoms with van der Waals surface area (Å²) in [5.74, 6) is 0.244. The second-order valence-electron chi connectivity index (χ2n) is 5.22. The lowest BCUT2D eigenvalue weighted by Crippen LogP contribution is -2.36. The third kappa shape index (κ3) is 3.41. The van der Waals surface area contributed by atoms with Crippen LogP contribution in [0.1, 0.15) is 37.9 Å². The summed E-state index contributed by atoms with van der Waals surface area (Å²) in [5.41, 5.74) is 1.53. The molecule has 0 saturated carbocycles. The maximum absolute atomic E-state index is 12.9. The molecule has 0 unspecified atom stereocenters. The molecule has 0 saturated heterocycles. The number of benzene rings is 1. The van der Waals surface area contributed by atoms with E-state index in [1.807, 2.05) is 30.3 Å². The average Bonchev–Trinajstić information content (AvgIpc) is 2.52. The number of hydrogen-bond donors (Lipinski definition) is 0. The van der Waals surface area contributed by atoms with Crippen molar-refractivity contribution < 1.29 is 4.79 Å². The second-order valence-corrected chi connectivity index (χ2v) is 6.14. The van der Waals surface area contributed by atoms with E-state index in [1.165, 1.54) is 0 Å². The molecule has 0 atom stereocenters. The first-order valence-corrected chi connectivity index (χ1v) is 8.11. The lowest BCUT2D eigenvalue weighted by molar-refractivity contribution is -0.124. The normalized spacial score (nSPS) is 11.4. The van der Waals surface area contributed by atoms with Crippen LogP contribution in [0.5, 0.6) is 0 Å². The number of nitrogens with zero attached hydrogens (tertiary/aromatic N) is 1. The summed E-state index contributed by atoms with van der Waals surface area (Å²) in [7, 11) is 0. The fourth-order valence-corrected chi connectivity index (χ4v) is 3.05. The van der Waals surface area contributed by atoms with E-state index >= 15 is 0 Å². The van der Waals surface area contributed by atoms with Crippen LogP contribution in [0.25, 0.3) is 0 Å². The van der Waals surface area contributed by atoms with Crippen molar-refractivity contribution in [3.63, 3.8) is 0 Å². The van der Waals surface area contributed by atoms with Crippen LogP contribution < -0.4 is 0 Å². The minimum atomic E-state index is -0.407. The average molecular weight is 346 g/mol. The maximum atomic E-state index is 12.9. The Morgan fingerprint density at radius 2 is 1.76 bits per heavy atom. The highest BCUT2D eigenvalue weighted by atomic mass is 79.9. The highest BCUT2D eigenvalue weighted by molar-refractivity contribution is 9.10. The van der Waals surface area contributed by atoms with Gasteiger partial charge in [-0.2, -0.15) is 0 Å². The smallest absolute Gasteiger partial charge is 0.149 e. The molecule has 0 aliphatic carbocycles. The zero-order valence-electron chi connectivity index (χ0n) is 12.5. The summed E-state index contributed by atoms with van der Waals surface area (Å²) >= 11 is 3.37. The molecule has 0 spiro atoms. The Labute approximate surface area is 134 Å². The number of aromatic nitrogens is 1. The molecule has 110 valence electrons. The molecule has 0 amide bonds. The van der Waals surface area contributed by atoms with Crippen LogP contribution in [0, 0.1) is 0 Å². The van der Waals surface area contributed by atoms with Gasteiger partial charge in [-0.3, -0.25) is 9.78 Å². The molecular formula is C18H20BrNO. The standard InChI is InChI=1S/C18H20BrNO/c1-3-18(4-2,14-8-6-5-7-9-14)17(21)12-16-11-10-15(19)13-20-16/h5-11,13H,3-4,12H2,1-2H3. The Kier molecular flexibility index (Phi) is 5.29. The number of ketones is 1. The number of halogens is 1. The van der Waals surface area contributed by atoms with E-state index in [4.69, 9.17) is 0 Å². The number of rotatable bonds is 6. The lowest BCUT2D eigenvalue weighted by atomic mass is 9.71.